The molecule has 66 valence electrons. The van der Waals surface area contributed by atoms with E-state index in [-0.39, 0.29) is 0 Å². The lowest BCUT2D eigenvalue weighted by atomic mass is 10.2. The highest BCUT2D eigenvalue weighted by Crippen LogP contribution is 2.12. The van der Waals surface area contributed by atoms with Crippen LogP contribution in [0.1, 0.15) is 5.56 Å². The molecule has 0 bridgehead atoms. The SMILES string of the molecule is Cn1cc2ccc(C=NN)cc2n1. The molecule has 0 radical (unpaired) electrons. The molecule has 0 fully saturated rings. The van der Waals surface area contributed by atoms with Gasteiger partial charge in [-0.25, -0.2) is 0 Å². The summed E-state index contributed by atoms with van der Waals surface area (Å²) >= 11 is 0. The van der Waals surface area contributed by atoms with Crippen LogP contribution in [-0.2, 0) is 7.05 Å². The number of hydrazone groups is 1. The first-order valence-electron chi connectivity index (χ1n) is 3.96. The van der Waals surface area contributed by atoms with Crippen molar-refractivity contribution in [3.05, 3.63) is 30.0 Å². The average molecular weight is 174 g/mol. The fourth-order valence-electron chi connectivity index (χ4n) is 1.32. The van der Waals surface area contributed by atoms with Crippen molar-refractivity contribution in [3.63, 3.8) is 0 Å². The Balaban J connectivity index is 2.61. The number of benzene rings is 1. The highest BCUT2D eigenvalue weighted by molar-refractivity contribution is 5.88. The molecule has 2 N–H and O–H groups in total. The van der Waals surface area contributed by atoms with Gasteiger partial charge >= 0.3 is 0 Å². The quantitative estimate of drug-likeness (QED) is 0.396. The molecule has 1 aromatic heterocycles. The molecule has 0 aliphatic rings. The third-order valence-corrected chi connectivity index (χ3v) is 1.87. The molecule has 0 saturated heterocycles. The molecule has 0 spiro atoms. The van der Waals surface area contributed by atoms with Gasteiger partial charge in [0.05, 0.1) is 11.7 Å². The van der Waals surface area contributed by atoms with E-state index in [1.54, 1.807) is 10.9 Å². The molecule has 0 aliphatic heterocycles. The van der Waals surface area contributed by atoms with Crippen molar-refractivity contribution in [2.45, 2.75) is 0 Å². The number of nitrogens with two attached hydrogens (primary N) is 1. The number of hydrogen-bond donors (Lipinski definition) is 1. The van der Waals surface area contributed by atoms with E-state index in [0.717, 1.165) is 16.5 Å². The van der Waals surface area contributed by atoms with Crippen molar-refractivity contribution in [1.82, 2.24) is 9.78 Å². The van der Waals surface area contributed by atoms with Crippen molar-refractivity contribution in [3.8, 4) is 0 Å². The second-order valence-electron chi connectivity index (χ2n) is 2.90. The Morgan fingerprint density at radius 1 is 1.54 bits per heavy atom. The maximum absolute atomic E-state index is 5.05. The molecule has 4 nitrogen and oxygen atoms in total. The van der Waals surface area contributed by atoms with Gasteiger partial charge in [0, 0.05) is 18.6 Å². The number of nitrogens with zero attached hydrogens (tertiary/aromatic N) is 3. The minimum atomic E-state index is 0.958. The smallest absolute Gasteiger partial charge is 0.0929 e. The van der Waals surface area contributed by atoms with E-state index in [2.05, 4.69) is 10.2 Å². The number of rotatable bonds is 1. The number of hydrogen-bond acceptors (Lipinski definition) is 3. The fraction of sp³-hybridized carbons (Fsp3) is 0.111. The van der Waals surface area contributed by atoms with E-state index in [9.17, 15) is 0 Å². The summed E-state index contributed by atoms with van der Waals surface area (Å²) in [5.41, 5.74) is 1.92. The van der Waals surface area contributed by atoms with Gasteiger partial charge in [-0.2, -0.15) is 10.2 Å². The summed E-state index contributed by atoms with van der Waals surface area (Å²) in [4.78, 5) is 0. The number of fused-ring (bicyclic) bond motifs is 1. The van der Waals surface area contributed by atoms with Gasteiger partial charge in [0.15, 0.2) is 0 Å². The molecular formula is C9H10N4. The van der Waals surface area contributed by atoms with Gasteiger partial charge in [0.25, 0.3) is 0 Å². The van der Waals surface area contributed by atoms with Gasteiger partial charge in [-0.15, -0.1) is 0 Å². The summed E-state index contributed by atoms with van der Waals surface area (Å²) in [6.45, 7) is 0. The van der Waals surface area contributed by atoms with Crippen LogP contribution in [0.15, 0.2) is 29.5 Å². The lowest BCUT2D eigenvalue weighted by molar-refractivity contribution is 0.780. The average Bonchev–Trinajstić information content (AvgIpc) is 2.44. The Labute approximate surface area is 75.7 Å². The molecule has 0 atom stereocenters. The molecule has 1 heterocycles. The van der Waals surface area contributed by atoms with Crippen molar-refractivity contribution >= 4 is 17.1 Å². The van der Waals surface area contributed by atoms with E-state index >= 15 is 0 Å². The first kappa shape index (κ1) is 7.79. The Bertz CT molecular complexity index is 456. The van der Waals surface area contributed by atoms with E-state index in [4.69, 9.17) is 5.84 Å². The molecule has 0 unspecified atom stereocenters. The highest BCUT2D eigenvalue weighted by atomic mass is 15.2. The van der Waals surface area contributed by atoms with Gasteiger partial charge in [-0.05, 0) is 11.6 Å². The zero-order chi connectivity index (χ0) is 9.26. The van der Waals surface area contributed by atoms with Gasteiger partial charge in [0.1, 0.15) is 0 Å². The summed E-state index contributed by atoms with van der Waals surface area (Å²) in [6.07, 6.45) is 3.58. The van der Waals surface area contributed by atoms with E-state index < -0.39 is 0 Å². The lowest BCUT2D eigenvalue weighted by Crippen LogP contribution is -1.87. The zero-order valence-corrected chi connectivity index (χ0v) is 7.31. The maximum atomic E-state index is 5.05. The predicted octanol–water partition coefficient (Wildman–Crippen LogP) is 0.866. The van der Waals surface area contributed by atoms with Gasteiger partial charge in [0.2, 0.25) is 0 Å². The van der Waals surface area contributed by atoms with Crippen LogP contribution in [0.4, 0.5) is 0 Å². The Kier molecular flexibility index (Phi) is 1.73. The molecule has 0 amide bonds. The van der Waals surface area contributed by atoms with Crippen LogP contribution >= 0.6 is 0 Å². The van der Waals surface area contributed by atoms with E-state index in [1.807, 2.05) is 31.4 Å². The number of aryl methyl sites for hydroxylation is 1. The first-order chi connectivity index (χ1) is 6.29. The normalized spacial score (nSPS) is 11.5. The van der Waals surface area contributed by atoms with Crippen LogP contribution in [0.2, 0.25) is 0 Å². The second kappa shape index (κ2) is 2.90. The number of aromatic nitrogens is 2. The zero-order valence-electron chi connectivity index (χ0n) is 7.31. The lowest BCUT2D eigenvalue weighted by Gasteiger charge is -1.90. The molecule has 4 heteroatoms. The topological polar surface area (TPSA) is 56.2 Å². The predicted molar refractivity (Wildman–Crippen MR) is 52.5 cm³/mol. The van der Waals surface area contributed by atoms with E-state index in [0.29, 0.717) is 0 Å². The fourth-order valence-corrected chi connectivity index (χ4v) is 1.32. The molecule has 0 saturated carbocycles. The Hall–Kier alpha value is -1.84. The van der Waals surface area contributed by atoms with E-state index in [1.165, 1.54) is 0 Å². The van der Waals surface area contributed by atoms with Crippen molar-refractivity contribution in [1.29, 1.82) is 0 Å². The molecular weight excluding hydrogens is 164 g/mol. The summed E-state index contributed by atoms with van der Waals surface area (Å²) in [5, 5.41) is 8.85. The molecule has 13 heavy (non-hydrogen) atoms. The molecule has 1 aromatic carbocycles. The van der Waals surface area contributed by atoms with Crippen LogP contribution in [0.3, 0.4) is 0 Å². The van der Waals surface area contributed by atoms with Crippen molar-refractivity contribution < 1.29 is 0 Å². The largest absolute Gasteiger partial charge is 0.323 e. The standard InChI is InChI=1S/C9H10N4/c1-13-6-8-3-2-7(5-11-10)4-9(8)12-13/h2-6H,10H2,1H3. The van der Waals surface area contributed by atoms with Crippen LogP contribution in [0, 0.1) is 0 Å². The van der Waals surface area contributed by atoms with Crippen LogP contribution in [0.25, 0.3) is 10.9 Å². The molecule has 0 aliphatic carbocycles. The summed E-state index contributed by atoms with van der Waals surface area (Å²) in [5.74, 6) is 5.05. The van der Waals surface area contributed by atoms with Gasteiger partial charge in [-0.1, -0.05) is 12.1 Å². The summed E-state index contributed by atoms with van der Waals surface area (Å²) < 4.78 is 1.79. The highest BCUT2D eigenvalue weighted by Gasteiger charge is 1.97. The van der Waals surface area contributed by atoms with Crippen LogP contribution < -0.4 is 5.84 Å². The summed E-state index contributed by atoms with van der Waals surface area (Å²) in [6, 6.07) is 5.91. The third kappa shape index (κ3) is 1.38. The van der Waals surface area contributed by atoms with Gasteiger partial charge < -0.3 is 5.84 Å². The van der Waals surface area contributed by atoms with Crippen molar-refractivity contribution in [2.75, 3.05) is 0 Å². The molecule has 2 aromatic rings. The second-order valence-corrected chi connectivity index (χ2v) is 2.90. The Morgan fingerprint density at radius 3 is 3.15 bits per heavy atom. The first-order valence-corrected chi connectivity index (χ1v) is 3.96. The minimum absolute atomic E-state index is 0.958. The Morgan fingerprint density at radius 2 is 2.38 bits per heavy atom. The minimum Gasteiger partial charge on any atom is -0.323 e. The third-order valence-electron chi connectivity index (χ3n) is 1.87. The molecule has 2 rings (SSSR count). The van der Waals surface area contributed by atoms with Crippen molar-refractivity contribution in [2.24, 2.45) is 18.0 Å². The maximum Gasteiger partial charge on any atom is 0.0929 e. The monoisotopic (exact) mass is 174 g/mol. The summed E-state index contributed by atoms with van der Waals surface area (Å²) in [7, 11) is 1.90. The van der Waals surface area contributed by atoms with Gasteiger partial charge in [-0.3, -0.25) is 4.68 Å². The van der Waals surface area contributed by atoms with Crippen LogP contribution in [0.5, 0.6) is 0 Å². The van der Waals surface area contributed by atoms with Crippen LogP contribution in [-0.4, -0.2) is 16.0 Å².